The molecule has 1 aromatic heterocycles. The van der Waals surface area contributed by atoms with Crippen LogP contribution in [0.3, 0.4) is 0 Å². The topological polar surface area (TPSA) is 51.8 Å². The van der Waals surface area contributed by atoms with E-state index in [2.05, 4.69) is 9.97 Å². The molecule has 0 aliphatic heterocycles. The monoisotopic (exact) mass is 223 g/mol. The van der Waals surface area contributed by atoms with Gasteiger partial charge in [0.2, 0.25) is 0 Å². The summed E-state index contributed by atoms with van der Waals surface area (Å²) in [6.07, 6.45) is 6.73. The van der Waals surface area contributed by atoms with E-state index < -0.39 is 0 Å². The number of rotatable bonds is 2. The van der Waals surface area contributed by atoms with Crippen molar-refractivity contribution in [2.75, 3.05) is 5.73 Å². The third-order valence-corrected chi connectivity index (χ3v) is 3.93. The summed E-state index contributed by atoms with van der Waals surface area (Å²) < 4.78 is 0. The molecule has 1 saturated carbocycles. The molecule has 3 nitrogen and oxygen atoms in total. The molecular formula is C11H17N3S. The van der Waals surface area contributed by atoms with Crippen LogP contribution in [0.25, 0.3) is 0 Å². The summed E-state index contributed by atoms with van der Waals surface area (Å²) in [6, 6.07) is 1.88. The van der Waals surface area contributed by atoms with Gasteiger partial charge in [-0.05, 0) is 19.8 Å². The van der Waals surface area contributed by atoms with E-state index in [4.69, 9.17) is 5.73 Å². The summed E-state index contributed by atoms with van der Waals surface area (Å²) in [4.78, 5) is 8.48. The van der Waals surface area contributed by atoms with E-state index in [-0.39, 0.29) is 0 Å². The third-order valence-electron chi connectivity index (χ3n) is 2.67. The molecule has 0 aromatic carbocycles. The van der Waals surface area contributed by atoms with E-state index in [1.165, 1.54) is 32.1 Å². The number of thioether (sulfide) groups is 1. The van der Waals surface area contributed by atoms with Crippen molar-refractivity contribution >= 4 is 17.6 Å². The number of aryl methyl sites for hydroxylation is 1. The predicted molar refractivity (Wildman–Crippen MR) is 63.9 cm³/mol. The van der Waals surface area contributed by atoms with Gasteiger partial charge >= 0.3 is 0 Å². The lowest BCUT2D eigenvalue weighted by atomic mass is 10.0. The molecule has 1 aromatic rings. The van der Waals surface area contributed by atoms with Gasteiger partial charge in [0, 0.05) is 11.3 Å². The Bertz CT molecular complexity index is 314. The highest BCUT2D eigenvalue weighted by Crippen LogP contribution is 2.32. The number of nitrogens with zero attached hydrogens (tertiary/aromatic N) is 2. The normalized spacial score (nSPS) is 17.9. The number of hydrogen-bond acceptors (Lipinski definition) is 4. The summed E-state index contributed by atoms with van der Waals surface area (Å²) in [6.45, 7) is 1.89. The molecule has 0 amide bonds. The van der Waals surface area contributed by atoms with Gasteiger partial charge in [0.05, 0.1) is 0 Å². The lowest BCUT2D eigenvalue weighted by Gasteiger charge is -2.20. The molecule has 0 atom stereocenters. The zero-order valence-electron chi connectivity index (χ0n) is 9.07. The van der Waals surface area contributed by atoms with Crippen LogP contribution < -0.4 is 5.73 Å². The fourth-order valence-electron chi connectivity index (χ4n) is 1.98. The van der Waals surface area contributed by atoms with Crippen LogP contribution in [0, 0.1) is 6.92 Å². The first kappa shape index (κ1) is 10.7. The Balaban J connectivity index is 2.02. The van der Waals surface area contributed by atoms with Crippen LogP contribution >= 0.6 is 11.8 Å². The van der Waals surface area contributed by atoms with Crippen molar-refractivity contribution in [3.8, 4) is 0 Å². The molecule has 2 rings (SSSR count). The molecule has 1 heterocycles. The number of anilines is 1. The van der Waals surface area contributed by atoms with Crippen molar-refractivity contribution in [3.05, 3.63) is 11.9 Å². The van der Waals surface area contributed by atoms with Crippen molar-refractivity contribution in [3.63, 3.8) is 0 Å². The molecule has 1 aliphatic carbocycles. The highest BCUT2D eigenvalue weighted by atomic mass is 32.2. The molecule has 0 saturated heterocycles. The molecule has 2 N–H and O–H groups in total. The van der Waals surface area contributed by atoms with Gasteiger partial charge in [0.1, 0.15) is 16.7 Å². The van der Waals surface area contributed by atoms with E-state index in [0.717, 1.165) is 16.1 Å². The van der Waals surface area contributed by atoms with Crippen molar-refractivity contribution in [2.24, 2.45) is 0 Å². The number of nitrogen functional groups attached to an aromatic ring is 1. The molecule has 1 fully saturated rings. The van der Waals surface area contributed by atoms with Gasteiger partial charge in [-0.25, -0.2) is 9.97 Å². The van der Waals surface area contributed by atoms with Gasteiger partial charge in [-0.2, -0.15) is 0 Å². The largest absolute Gasteiger partial charge is 0.384 e. The molecule has 0 radical (unpaired) electrons. The average Bonchev–Trinajstić information content (AvgIpc) is 2.17. The second-order valence-corrected chi connectivity index (χ2v) is 5.38. The SMILES string of the molecule is Cc1nc(N)cc(SC2CCCCC2)n1. The summed E-state index contributed by atoms with van der Waals surface area (Å²) >= 11 is 1.86. The number of nitrogens with two attached hydrogens (primary N) is 1. The first-order valence-electron chi connectivity index (χ1n) is 5.52. The lowest BCUT2D eigenvalue weighted by Crippen LogP contribution is -2.08. The minimum absolute atomic E-state index is 0.584. The first-order valence-corrected chi connectivity index (χ1v) is 6.40. The minimum Gasteiger partial charge on any atom is -0.384 e. The Morgan fingerprint density at radius 3 is 2.67 bits per heavy atom. The zero-order valence-corrected chi connectivity index (χ0v) is 9.89. The van der Waals surface area contributed by atoms with Crippen LogP contribution in [-0.2, 0) is 0 Å². The van der Waals surface area contributed by atoms with Gasteiger partial charge in [-0.3, -0.25) is 0 Å². The zero-order chi connectivity index (χ0) is 10.7. The molecule has 4 heteroatoms. The van der Waals surface area contributed by atoms with Crippen molar-refractivity contribution in [1.82, 2.24) is 9.97 Å². The van der Waals surface area contributed by atoms with E-state index in [1.54, 1.807) is 0 Å². The van der Waals surface area contributed by atoms with Crippen LogP contribution in [0.4, 0.5) is 5.82 Å². The van der Waals surface area contributed by atoms with Crippen LogP contribution in [0.1, 0.15) is 37.9 Å². The summed E-state index contributed by atoms with van der Waals surface area (Å²) in [7, 11) is 0. The molecular weight excluding hydrogens is 206 g/mol. The van der Waals surface area contributed by atoms with Crippen LogP contribution in [-0.4, -0.2) is 15.2 Å². The van der Waals surface area contributed by atoms with Crippen LogP contribution in [0.2, 0.25) is 0 Å². The Labute approximate surface area is 94.9 Å². The summed E-state index contributed by atoms with van der Waals surface area (Å²) in [5.74, 6) is 1.36. The van der Waals surface area contributed by atoms with Crippen LogP contribution in [0.5, 0.6) is 0 Å². The number of hydrogen-bond donors (Lipinski definition) is 1. The van der Waals surface area contributed by atoms with E-state index in [0.29, 0.717) is 5.82 Å². The van der Waals surface area contributed by atoms with E-state index in [9.17, 15) is 0 Å². The highest BCUT2D eigenvalue weighted by molar-refractivity contribution is 7.99. The quantitative estimate of drug-likeness (QED) is 0.783. The predicted octanol–water partition coefficient (Wildman–Crippen LogP) is 2.79. The molecule has 0 unspecified atom stereocenters. The number of aromatic nitrogens is 2. The Hall–Kier alpha value is -0.770. The van der Waals surface area contributed by atoms with Gasteiger partial charge < -0.3 is 5.73 Å². The summed E-state index contributed by atoms with van der Waals surface area (Å²) in [5, 5.41) is 1.76. The smallest absolute Gasteiger partial charge is 0.128 e. The molecule has 1 aliphatic rings. The van der Waals surface area contributed by atoms with Crippen LogP contribution in [0.15, 0.2) is 11.1 Å². The van der Waals surface area contributed by atoms with Gasteiger partial charge in [-0.15, -0.1) is 11.8 Å². The Morgan fingerprint density at radius 1 is 1.27 bits per heavy atom. The third kappa shape index (κ3) is 3.09. The fourth-order valence-corrected chi connectivity index (χ4v) is 3.26. The highest BCUT2D eigenvalue weighted by Gasteiger charge is 2.15. The average molecular weight is 223 g/mol. The molecule has 0 bridgehead atoms. The molecule has 15 heavy (non-hydrogen) atoms. The van der Waals surface area contributed by atoms with Gasteiger partial charge in [-0.1, -0.05) is 19.3 Å². The summed E-state index contributed by atoms with van der Waals surface area (Å²) in [5.41, 5.74) is 5.70. The van der Waals surface area contributed by atoms with Gasteiger partial charge in [0.25, 0.3) is 0 Å². The molecule has 0 spiro atoms. The second-order valence-electron chi connectivity index (χ2n) is 4.06. The van der Waals surface area contributed by atoms with E-state index in [1.807, 2.05) is 24.8 Å². The lowest BCUT2D eigenvalue weighted by molar-refractivity contribution is 0.515. The molecule has 82 valence electrons. The van der Waals surface area contributed by atoms with Crippen molar-refractivity contribution in [1.29, 1.82) is 0 Å². The standard InChI is InChI=1S/C11H17N3S/c1-8-13-10(12)7-11(14-8)15-9-5-3-2-4-6-9/h7,9H,2-6H2,1H3,(H2,12,13,14). The Morgan fingerprint density at radius 2 is 2.00 bits per heavy atom. The van der Waals surface area contributed by atoms with Crippen molar-refractivity contribution < 1.29 is 0 Å². The second kappa shape index (κ2) is 4.84. The minimum atomic E-state index is 0.584. The van der Waals surface area contributed by atoms with Crippen molar-refractivity contribution in [2.45, 2.75) is 49.3 Å². The van der Waals surface area contributed by atoms with E-state index >= 15 is 0 Å². The maximum Gasteiger partial charge on any atom is 0.128 e. The first-order chi connectivity index (χ1) is 7.24. The fraction of sp³-hybridized carbons (Fsp3) is 0.636. The van der Waals surface area contributed by atoms with Gasteiger partial charge in [0.15, 0.2) is 0 Å². The maximum absolute atomic E-state index is 5.70. The Kier molecular flexibility index (Phi) is 3.46. The maximum atomic E-state index is 5.70.